The van der Waals surface area contributed by atoms with E-state index in [2.05, 4.69) is 10.5 Å². The van der Waals surface area contributed by atoms with Crippen molar-refractivity contribution in [1.82, 2.24) is 9.36 Å². The number of nitriles is 1. The molecule has 1 heterocycles. The number of carbonyl (C=O) groups excluding carboxylic acids is 1. The van der Waals surface area contributed by atoms with Gasteiger partial charge in [0, 0.05) is 12.6 Å². The Morgan fingerprint density at radius 1 is 1.11 bits per heavy atom. The number of para-hydroxylation sites is 1. The van der Waals surface area contributed by atoms with Crippen LogP contribution in [0.4, 0.5) is 5.69 Å². The minimum absolute atomic E-state index is 0.205. The average molecular weight is 373 g/mol. The molecule has 0 aliphatic carbocycles. The highest BCUT2D eigenvalue weighted by Crippen LogP contribution is 2.14. The molecule has 0 unspecified atom stereocenters. The first-order valence-corrected chi connectivity index (χ1v) is 8.63. The highest BCUT2D eigenvalue weighted by Gasteiger charge is 2.18. The average Bonchev–Trinajstić information content (AvgIpc) is 2.91. The number of nitrogens with zero attached hydrogens (tertiary/aromatic N) is 4. The van der Waals surface area contributed by atoms with E-state index in [0.717, 1.165) is 5.56 Å². The lowest BCUT2D eigenvalue weighted by Crippen LogP contribution is -2.21. The van der Waals surface area contributed by atoms with Gasteiger partial charge in [-0.1, -0.05) is 42.0 Å². The van der Waals surface area contributed by atoms with Crippen molar-refractivity contribution in [2.45, 2.75) is 13.8 Å². The molecule has 0 atom stereocenters. The number of ketones is 1. The summed E-state index contributed by atoms with van der Waals surface area (Å²) in [6, 6.07) is 17.9. The van der Waals surface area contributed by atoms with Crippen LogP contribution in [-0.2, 0) is 7.05 Å². The van der Waals surface area contributed by atoms with Crippen molar-refractivity contribution < 1.29 is 4.79 Å². The van der Waals surface area contributed by atoms with Crippen molar-refractivity contribution in [2.75, 3.05) is 5.43 Å². The van der Waals surface area contributed by atoms with Crippen LogP contribution >= 0.6 is 0 Å². The van der Waals surface area contributed by atoms with E-state index >= 15 is 0 Å². The van der Waals surface area contributed by atoms with Crippen LogP contribution in [0.25, 0.3) is 5.69 Å². The number of nitrogens with one attached hydrogen (secondary N) is 1. The second kappa shape index (κ2) is 7.76. The Hall–Kier alpha value is -3.92. The molecule has 1 aromatic heterocycles. The minimum Gasteiger partial charge on any atom is -0.286 e. The normalized spacial score (nSPS) is 11.1. The van der Waals surface area contributed by atoms with E-state index in [1.807, 2.05) is 43.3 Å². The van der Waals surface area contributed by atoms with E-state index in [-0.39, 0.29) is 17.0 Å². The van der Waals surface area contributed by atoms with Crippen LogP contribution < -0.4 is 11.0 Å². The predicted molar refractivity (Wildman–Crippen MR) is 108 cm³/mol. The summed E-state index contributed by atoms with van der Waals surface area (Å²) in [6.45, 7) is 3.62. The standard InChI is InChI=1S/C21H19N5O2/c1-14-8-7-9-16(12-14)20(27)18(13-22)23-24-19-15(2)25(3)26(21(19)28)17-10-5-4-6-11-17/h4-12,24H,1-3H3. The Morgan fingerprint density at radius 3 is 2.46 bits per heavy atom. The second-order valence-corrected chi connectivity index (χ2v) is 6.32. The third-order valence-electron chi connectivity index (χ3n) is 4.43. The number of hydrogen-bond donors (Lipinski definition) is 1. The molecule has 0 aliphatic heterocycles. The number of hydrazone groups is 1. The summed E-state index contributed by atoms with van der Waals surface area (Å²) in [5, 5.41) is 13.3. The topological polar surface area (TPSA) is 92.2 Å². The van der Waals surface area contributed by atoms with Crippen LogP contribution in [0.1, 0.15) is 21.6 Å². The van der Waals surface area contributed by atoms with Crippen LogP contribution in [0.2, 0.25) is 0 Å². The smallest absolute Gasteiger partial charge is 0.286 e. The van der Waals surface area contributed by atoms with Gasteiger partial charge in [0.05, 0.1) is 11.4 Å². The largest absolute Gasteiger partial charge is 0.296 e. The molecule has 0 radical (unpaired) electrons. The zero-order valence-corrected chi connectivity index (χ0v) is 15.8. The fraction of sp³-hybridized carbons (Fsp3) is 0.143. The van der Waals surface area contributed by atoms with Crippen molar-refractivity contribution >= 4 is 17.2 Å². The Morgan fingerprint density at radius 2 is 1.82 bits per heavy atom. The van der Waals surface area contributed by atoms with Crippen LogP contribution in [0.15, 0.2) is 64.5 Å². The Bertz CT molecular complexity index is 1160. The quantitative estimate of drug-likeness (QED) is 0.423. The zero-order chi connectivity index (χ0) is 20.3. The molecule has 28 heavy (non-hydrogen) atoms. The molecule has 0 amide bonds. The van der Waals surface area contributed by atoms with E-state index in [1.54, 1.807) is 42.9 Å². The van der Waals surface area contributed by atoms with Gasteiger partial charge in [-0.25, -0.2) is 4.68 Å². The van der Waals surface area contributed by atoms with E-state index in [9.17, 15) is 14.9 Å². The highest BCUT2D eigenvalue weighted by atomic mass is 16.1. The SMILES string of the molecule is Cc1cccc(C(=O)C(C#N)=NNc2c(C)n(C)n(-c3ccccc3)c2=O)c1. The number of aryl methyl sites for hydroxylation is 1. The predicted octanol–water partition coefficient (Wildman–Crippen LogP) is 2.97. The van der Waals surface area contributed by atoms with Crippen molar-refractivity contribution in [1.29, 1.82) is 5.26 Å². The maximum absolute atomic E-state index is 12.8. The summed E-state index contributed by atoms with van der Waals surface area (Å²) in [5.74, 6) is -0.504. The van der Waals surface area contributed by atoms with E-state index in [0.29, 0.717) is 16.9 Å². The van der Waals surface area contributed by atoms with Crippen molar-refractivity contribution in [3.05, 3.63) is 81.8 Å². The number of benzene rings is 2. The molecular weight excluding hydrogens is 354 g/mol. The monoisotopic (exact) mass is 373 g/mol. The zero-order valence-electron chi connectivity index (χ0n) is 15.8. The van der Waals surface area contributed by atoms with Crippen molar-refractivity contribution in [2.24, 2.45) is 12.1 Å². The molecule has 140 valence electrons. The lowest BCUT2D eigenvalue weighted by atomic mass is 10.1. The summed E-state index contributed by atoms with van der Waals surface area (Å²) in [7, 11) is 1.75. The lowest BCUT2D eigenvalue weighted by Gasteiger charge is -2.07. The molecule has 7 nitrogen and oxygen atoms in total. The Kier molecular flexibility index (Phi) is 5.23. The summed E-state index contributed by atoms with van der Waals surface area (Å²) < 4.78 is 3.17. The van der Waals surface area contributed by atoms with Gasteiger partial charge in [0.2, 0.25) is 11.5 Å². The molecule has 3 aromatic rings. The molecule has 0 saturated carbocycles. The molecule has 0 bridgehead atoms. The molecular formula is C21H19N5O2. The molecule has 0 fully saturated rings. The van der Waals surface area contributed by atoms with Crippen LogP contribution in [-0.4, -0.2) is 20.9 Å². The first kappa shape index (κ1) is 18.9. The number of aromatic nitrogens is 2. The van der Waals surface area contributed by atoms with Gasteiger partial charge in [-0.15, -0.1) is 0 Å². The molecule has 0 spiro atoms. The third kappa shape index (κ3) is 3.48. The molecule has 0 aliphatic rings. The summed E-state index contributed by atoms with van der Waals surface area (Å²) >= 11 is 0. The van der Waals surface area contributed by atoms with Gasteiger partial charge in [0.15, 0.2) is 0 Å². The maximum atomic E-state index is 12.8. The van der Waals surface area contributed by atoms with Gasteiger partial charge < -0.3 is 0 Å². The fourth-order valence-corrected chi connectivity index (χ4v) is 2.86. The van der Waals surface area contributed by atoms with Crippen LogP contribution in [0.5, 0.6) is 0 Å². The fourth-order valence-electron chi connectivity index (χ4n) is 2.86. The molecule has 0 saturated heterocycles. The summed E-state index contributed by atoms with van der Waals surface area (Å²) in [6.07, 6.45) is 0. The molecule has 7 heteroatoms. The van der Waals surface area contributed by atoms with Gasteiger partial charge in [-0.2, -0.15) is 10.4 Å². The number of carbonyl (C=O) groups is 1. The lowest BCUT2D eigenvalue weighted by molar-refractivity contribution is 0.106. The minimum atomic E-state index is -0.504. The molecule has 3 rings (SSSR count). The number of hydrogen-bond acceptors (Lipinski definition) is 5. The van der Waals surface area contributed by atoms with Gasteiger partial charge in [0.25, 0.3) is 5.56 Å². The Balaban J connectivity index is 1.96. The molecule has 1 N–H and O–H groups in total. The summed E-state index contributed by atoms with van der Waals surface area (Å²) in [5.41, 5.74) is 4.78. The van der Waals surface area contributed by atoms with Crippen molar-refractivity contribution in [3.8, 4) is 11.8 Å². The Labute approximate surface area is 162 Å². The number of Topliss-reactive ketones (excluding diaryl/α,β-unsaturated/α-hetero) is 1. The van der Waals surface area contributed by atoms with E-state index < -0.39 is 5.78 Å². The van der Waals surface area contributed by atoms with Gasteiger partial charge in [0.1, 0.15) is 11.8 Å². The van der Waals surface area contributed by atoms with Crippen molar-refractivity contribution in [3.63, 3.8) is 0 Å². The summed E-state index contributed by atoms with van der Waals surface area (Å²) in [4.78, 5) is 25.4. The van der Waals surface area contributed by atoms with Crippen LogP contribution in [0, 0.1) is 25.2 Å². The van der Waals surface area contributed by atoms with E-state index in [1.165, 1.54) is 4.68 Å². The second-order valence-electron chi connectivity index (χ2n) is 6.32. The first-order valence-electron chi connectivity index (χ1n) is 8.63. The maximum Gasteiger partial charge on any atom is 0.296 e. The highest BCUT2D eigenvalue weighted by molar-refractivity contribution is 6.51. The first-order chi connectivity index (χ1) is 13.4. The van der Waals surface area contributed by atoms with Gasteiger partial charge in [-0.05, 0) is 32.0 Å². The van der Waals surface area contributed by atoms with E-state index in [4.69, 9.17) is 0 Å². The van der Waals surface area contributed by atoms with Gasteiger partial charge in [-0.3, -0.25) is 19.7 Å². The third-order valence-corrected chi connectivity index (χ3v) is 4.43. The number of rotatable bonds is 5. The number of anilines is 1. The van der Waals surface area contributed by atoms with Gasteiger partial charge >= 0.3 is 0 Å². The van der Waals surface area contributed by atoms with Crippen LogP contribution in [0.3, 0.4) is 0 Å². The molecule has 2 aromatic carbocycles.